The average Bonchev–Trinajstić information content (AvgIpc) is 2.98. The molecule has 20 heavy (non-hydrogen) atoms. The highest BCUT2D eigenvalue weighted by atomic mass is 16.1. The second-order valence-electron chi connectivity index (χ2n) is 5.43. The Morgan fingerprint density at radius 2 is 1.80 bits per heavy atom. The molecule has 104 valence electrons. The lowest BCUT2D eigenvalue weighted by atomic mass is 10.1. The molecule has 2 N–H and O–H groups in total. The van der Waals surface area contributed by atoms with Gasteiger partial charge < -0.3 is 10.6 Å². The fourth-order valence-corrected chi connectivity index (χ4v) is 2.90. The van der Waals surface area contributed by atoms with Gasteiger partial charge in [-0.05, 0) is 24.3 Å². The van der Waals surface area contributed by atoms with Crippen LogP contribution in [0.5, 0.6) is 0 Å². The van der Waals surface area contributed by atoms with E-state index in [4.69, 9.17) is 0 Å². The number of carbonyl (C=O) groups is 1. The quantitative estimate of drug-likeness (QED) is 0.893. The minimum Gasteiger partial charge on any atom is -0.376 e. The maximum atomic E-state index is 11.9. The van der Waals surface area contributed by atoms with E-state index < -0.39 is 0 Å². The molecule has 0 atom stereocenters. The highest BCUT2D eigenvalue weighted by Crippen LogP contribution is 2.22. The van der Waals surface area contributed by atoms with Gasteiger partial charge in [0.05, 0.1) is 6.54 Å². The van der Waals surface area contributed by atoms with Gasteiger partial charge in [-0.3, -0.25) is 4.79 Å². The van der Waals surface area contributed by atoms with E-state index in [1.165, 1.54) is 18.2 Å². The molecular formula is C17H20N2O. The second kappa shape index (κ2) is 5.95. The molecule has 3 nitrogen and oxygen atoms in total. The van der Waals surface area contributed by atoms with Gasteiger partial charge in [0.1, 0.15) is 0 Å². The van der Waals surface area contributed by atoms with Gasteiger partial charge in [-0.2, -0.15) is 0 Å². The molecule has 1 aliphatic rings. The van der Waals surface area contributed by atoms with Gasteiger partial charge in [0.2, 0.25) is 5.91 Å². The van der Waals surface area contributed by atoms with Crippen molar-refractivity contribution >= 4 is 22.4 Å². The number of rotatable bonds is 4. The van der Waals surface area contributed by atoms with Crippen LogP contribution in [0, 0.1) is 0 Å². The van der Waals surface area contributed by atoms with E-state index in [2.05, 4.69) is 28.8 Å². The molecule has 0 saturated heterocycles. The topological polar surface area (TPSA) is 41.1 Å². The Morgan fingerprint density at radius 1 is 1.05 bits per heavy atom. The third kappa shape index (κ3) is 2.93. The van der Waals surface area contributed by atoms with Crippen molar-refractivity contribution in [3.05, 3.63) is 42.5 Å². The molecule has 1 fully saturated rings. The molecule has 1 saturated carbocycles. The number of fused-ring (bicyclic) bond motifs is 1. The Kier molecular flexibility index (Phi) is 3.86. The van der Waals surface area contributed by atoms with Crippen molar-refractivity contribution < 1.29 is 4.79 Å². The van der Waals surface area contributed by atoms with Crippen molar-refractivity contribution in [3.63, 3.8) is 0 Å². The molecule has 0 aromatic heterocycles. The summed E-state index contributed by atoms with van der Waals surface area (Å²) in [5.74, 6) is 0.0878. The van der Waals surface area contributed by atoms with Gasteiger partial charge in [0, 0.05) is 17.1 Å². The predicted molar refractivity (Wildman–Crippen MR) is 82.8 cm³/mol. The lowest BCUT2D eigenvalue weighted by Gasteiger charge is -2.13. The van der Waals surface area contributed by atoms with Crippen LogP contribution in [0.25, 0.3) is 10.8 Å². The first-order chi connectivity index (χ1) is 9.83. The van der Waals surface area contributed by atoms with Crippen molar-refractivity contribution in [1.82, 2.24) is 5.32 Å². The summed E-state index contributed by atoms with van der Waals surface area (Å²) in [5.41, 5.74) is 1.02. The van der Waals surface area contributed by atoms with E-state index in [1.54, 1.807) is 0 Å². The van der Waals surface area contributed by atoms with E-state index in [9.17, 15) is 4.79 Å². The molecule has 0 unspecified atom stereocenters. The molecule has 3 rings (SSSR count). The number of anilines is 1. The zero-order chi connectivity index (χ0) is 13.8. The summed E-state index contributed by atoms with van der Waals surface area (Å²) in [6, 6.07) is 14.7. The maximum Gasteiger partial charge on any atom is 0.239 e. The number of benzene rings is 2. The van der Waals surface area contributed by atoms with E-state index >= 15 is 0 Å². The number of nitrogens with one attached hydrogen (secondary N) is 2. The van der Waals surface area contributed by atoms with E-state index in [1.807, 2.05) is 24.3 Å². The Bertz CT molecular complexity index is 597. The van der Waals surface area contributed by atoms with Crippen molar-refractivity contribution in [3.8, 4) is 0 Å². The lowest BCUT2D eigenvalue weighted by Crippen LogP contribution is -2.36. The number of carbonyl (C=O) groups excluding carboxylic acids is 1. The summed E-state index contributed by atoms with van der Waals surface area (Å²) in [7, 11) is 0. The first-order valence-corrected chi connectivity index (χ1v) is 7.34. The Balaban J connectivity index is 1.63. The van der Waals surface area contributed by atoms with Crippen LogP contribution in [0.3, 0.4) is 0 Å². The SMILES string of the molecule is O=C(CNc1cccc2ccccc12)NC1CCCC1. The zero-order valence-electron chi connectivity index (χ0n) is 11.6. The summed E-state index contributed by atoms with van der Waals surface area (Å²) in [6.45, 7) is 0.338. The first-order valence-electron chi connectivity index (χ1n) is 7.34. The van der Waals surface area contributed by atoms with Crippen LogP contribution in [-0.2, 0) is 4.79 Å². The molecule has 2 aromatic carbocycles. The molecule has 2 aromatic rings. The van der Waals surface area contributed by atoms with Gasteiger partial charge in [0.25, 0.3) is 0 Å². The standard InChI is InChI=1S/C17H20N2O/c20-17(19-14-8-2-3-9-14)12-18-16-11-5-7-13-6-1-4-10-15(13)16/h1,4-7,10-11,14,18H,2-3,8-9,12H2,(H,19,20). The predicted octanol–water partition coefficient (Wildman–Crippen LogP) is 3.31. The van der Waals surface area contributed by atoms with Crippen molar-refractivity contribution in [2.45, 2.75) is 31.7 Å². The third-order valence-electron chi connectivity index (χ3n) is 3.95. The second-order valence-corrected chi connectivity index (χ2v) is 5.43. The van der Waals surface area contributed by atoms with E-state index in [-0.39, 0.29) is 5.91 Å². The molecule has 3 heteroatoms. The monoisotopic (exact) mass is 268 g/mol. The van der Waals surface area contributed by atoms with Gasteiger partial charge >= 0.3 is 0 Å². The van der Waals surface area contributed by atoms with Crippen LogP contribution in [-0.4, -0.2) is 18.5 Å². The number of hydrogen-bond acceptors (Lipinski definition) is 2. The summed E-state index contributed by atoms with van der Waals surface area (Å²) < 4.78 is 0. The summed E-state index contributed by atoms with van der Waals surface area (Å²) >= 11 is 0. The molecule has 1 amide bonds. The minimum atomic E-state index is 0.0878. The summed E-state index contributed by atoms with van der Waals surface area (Å²) in [4.78, 5) is 11.9. The van der Waals surface area contributed by atoms with Crippen LogP contribution < -0.4 is 10.6 Å². The van der Waals surface area contributed by atoms with E-state index in [0.29, 0.717) is 12.6 Å². The van der Waals surface area contributed by atoms with Crippen molar-refractivity contribution in [1.29, 1.82) is 0 Å². The van der Waals surface area contributed by atoms with Gasteiger partial charge in [-0.25, -0.2) is 0 Å². The Hall–Kier alpha value is -2.03. The molecule has 0 bridgehead atoms. The molecule has 0 radical (unpaired) electrons. The maximum absolute atomic E-state index is 11.9. The first kappa shape index (κ1) is 13.0. The van der Waals surface area contributed by atoms with Gasteiger partial charge in [0.15, 0.2) is 0 Å². The van der Waals surface area contributed by atoms with Crippen LogP contribution in [0.2, 0.25) is 0 Å². The van der Waals surface area contributed by atoms with E-state index in [0.717, 1.165) is 23.9 Å². The van der Waals surface area contributed by atoms with Crippen molar-refractivity contribution in [2.24, 2.45) is 0 Å². The smallest absolute Gasteiger partial charge is 0.239 e. The highest BCUT2D eigenvalue weighted by Gasteiger charge is 2.16. The molecular weight excluding hydrogens is 248 g/mol. The lowest BCUT2D eigenvalue weighted by molar-refractivity contribution is -0.120. The van der Waals surface area contributed by atoms with Crippen LogP contribution in [0.4, 0.5) is 5.69 Å². The number of hydrogen-bond donors (Lipinski definition) is 2. The minimum absolute atomic E-state index is 0.0878. The average molecular weight is 268 g/mol. The number of amides is 1. The Morgan fingerprint density at radius 3 is 2.65 bits per heavy atom. The van der Waals surface area contributed by atoms with Crippen LogP contribution >= 0.6 is 0 Å². The Labute approximate surface area is 119 Å². The summed E-state index contributed by atoms with van der Waals surface area (Å²) in [6.07, 6.45) is 4.73. The molecule has 0 spiro atoms. The molecule has 0 aliphatic heterocycles. The highest BCUT2D eigenvalue weighted by molar-refractivity contribution is 5.95. The zero-order valence-corrected chi connectivity index (χ0v) is 11.6. The van der Waals surface area contributed by atoms with Crippen molar-refractivity contribution in [2.75, 3.05) is 11.9 Å². The fraction of sp³-hybridized carbons (Fsp3) is 0.353. The molecule has 0 heterocycles. The molecule has 1 aliphatic carbocycles. The van der Waals surface area contributed by atoms with Crippen LogP contribution in [0.1, 0.15) is 25.7 Å². The normalized spacial score (nSPS) is 15.4. The van der Waals surface area contributed by atoms with Gasteiger partial charge in [-0.1, -0.05) is 49.2 Å². The summed E-state index contributed by atoms with van der Waals surface area (Å²) in [5, 5.41) is 8.69. The fourth-order valence-electron chi connectivity index (χ4n) is 2.90. The third-order valence-corrected chi connectivity index (χ3v) is 3.95. The van der Waals surface area contributed by atoms with Gasteiger partial charge in [-0.15, -0.1) is 0 Å². The van der Waals surface area contributed by atoms with Crippen LogP contribution in [0.15, 0.2) is 42.5 Å². The largest absolute Gasteiger partial charge is 0.376 e.